The van der Waals surface area contributed by atoms with Crippen molar-refractivity contribution in [2.75, 3.05) is 5.32 Å². The van der Waals surface area contributed by atoms with Gasteiger partial charge in [-0.25, -0.2) is 9.37 Å². The van der Waals surface area contributed by atoms with Crippen molar-refractivity contribution in [1.29, 1.82) is 0 Å². The maximum Gasteiger partial charge on any atom is 0.146 e. The Hall–Kier alpha value is -0.940. The predicted molar refractivity (Wildman–Crippen MR) is 77.7 cm³/mol. The predicted octanol–water partition coefficient (Wildman–Crippen LogP) is 4.83. The van der Waals surface area contributed by atoms with Crippen LogP contribution in [-0.2, 0) is 0 Å². The van der Waals surface area contributed by atoms with Gasteiger partial charge in [0.15, 0.2) is 0 Å². The maximum atomic E-state index is 13.7. The number of halogens is 2. The van der Waals surface area contributed by atoms with Crippen molar-refractivity contribution in [2.45, 2.75) is 26.8 Å². The highest BCUT2D eigenvalue weighted by Crippen LogP contribution is 2.29. The third-order valence-electron chi connectivity index (χ3n) is 2.63. The van der Waals surface area contributed by atoms with E-state index < -0.39 is 0 Å². The van der Waals surface area contributed by atoms with Crippen molar-refractivity contribution in [3.8, 4) is 0 Å². The van der Waals surface area contributed by atoms with Gasteiger partial charge >= 0.3 is 0 Å². The van der Waals surface area contributed by atoms with E-state index in [1.807, 2.05) is 20.8 Å². The third kappa shape index (κ3) is 2.90. The Morgan fingerprint density at radius 1 is 1.39 bits per heavy atom. The van der Waals surface area contributed by atoms with E-state index in [2.05, 4.69) is 26.2 Å². The second-order valence-corrected chi connectivity index (χ2v) is 6.32. The van der Waals surface area contributed by atoms with Crippen LogP contribution in [0.4, 0.5) is 10.1 Å². The second kappa shape index (κ2) is 5.36. The molecule has 0 saturated carbocycles. The number of benzene rings is 1. The van der Waals surface area contributed by atoms with E-state index >= 15 is 0 Å². The van der Waals surface area contributed by atoms with E-state index in [1.165, 1.54) is 6.07 Å². The van der Waals surface area contributed by atoms with E-state index in [0.717, 1.165) is 20.1 Å². The minimum Gasteiger partial charge on any atom is -0.375 e. The summed E-state index contributed by atoms with van der Waals surface area (Å²) < 4.78 is 14.5. The Labute approximate surface area is 118 Å². The molecule has 5 heteroatoms. The van der Waals surface area contributed by atoms with Crippen LogP contribution in [0.2, 0.25) is 0 Å². The van der Waals surface area contributed by atoms with Gasteiger partial charge in [0.1, 0.15) is 5.82 Å². The molecule has 1 unspecified atom stereocenters. The van der Waals surface area contributed by atoms with Gasteiger partial charge in [0, 0.05) is 9.35 Å². The van der Waals surface area contributed by atoms with Crippen molar-refractivity contribution in [3.05, 3.63) is 44.1 Å². The Morgan fingerprint density at radius 3 is 2.72 bits per heavy atom. The fourth-order valence-electron chi connectivity index (χ4n) is 1.86. The lowest BCUT2D eigenvalue weighted by Crippen LogP contribution is -2.07. The monoisotopic (exact) mass is 328 g/mol. The standard InChI is InChI=1S/C13H14BrFN2S/c1-7-13(18-9(3)16-7)8(2)17-12-6-10(14)4-5-11(12)15/h4-6,8,17H,1-3H3. The van der Waals surface area contributed by atoms with Gasteiger partial charge in [-0.2, -0.15) is 0 Å². The van der Waals surface area contributed by atoms with Crippen LogP contribution in [0.25, 0.3) is 0 Å². The van der Waals surface area contributed by atoms with Gasteiger partial charge in [-0.15, -0.1) is 11.3 Å². The summed E-state index contributed by atoms with van der Waals surface area (Å²) in [6.07, 6.45) is 0. The molecule has 0 aliphatic rings. The van der Waals surface area contributed by atoms with Crippen molar-refractivity contribution >= 4 is 33.0 Å². The number of nitrogens with one attached hydrogen (secondary N) is 1. The van der Waals surface area contributed by atoms with Crippen LogP contribution >= 0.6 is 27.3 Å². The first-order valence-electron chi connectivity index (χ1n) is 5.63. The highest BCUT2D eigenvalue weighted by molar-refractivity contribution is 9.10. The summed E-state index contributed by atoms with van der Waals surface area (Å²) in [5.41, 5.74) is 1.51. The molecule has 1 heterocycles. The Balaban J connectivity index is 2.23. The molecule has 1 atom stereocenters. The van der Waals surface area contributed by atoms with E-state index in [4.69, 9.17) is 0 Å². The van der Waals surface area contributed by atoms with Gasteiger partial charge in [0.05, 0.1) is 22.4 Å². The molecule has 2 aromatic rings. The number of nitrogens with zero attached hydrogens (tertiary/aromatic N) is 1. The zero-order valence-corrected chi connectivity index (χ0v) is 12.8. The molecule has 2 rings (SSSR count). The molecule has 2 nitrogen and oxygen atoms in total. The molecule has 0 spiro atoms. The lowest BCUT2D eigenvalue weighted by molar-refractivity contribution is 0.627. The molecule has 1 aromatic heterocycles. The van der Waals surface area contributed by atoms with Gasteiger partial charge < -0.3 is 5.32 Å². The van der Waals surface area contributed by atoms with Crippen LogP contribution in [0.15, 0.2) is 22.7 Å². The molecule has 0 bridgehead atoms. The fraction of sp³-hybridized carbons (Fsp3) is 0.308. The molecule has 0 aliphatic heterocycles. The van der Waals surface area contributed by atoms with Crippen LogP contribution in [0, 0.1) is 19.7 Å². The number of thiazole rings is 1. The molecule has 0 aliphatic carbocycles. The summed E-state index contributed by atoms with van der Waals surface area (Å²) in [5, 5.41) is 4.22. The van der Waals surface area contributed by atoms with E-state index in [0.29, 0.717) is 5.69 Å². The molecular weight excluding hydrogens is 315 g/mol. The molecule has 18 heavy (non-hydrogen) atoms. The molecule has 0 amide bonds. The number of rotatable bonds is 3. The van der Waals surface area contributed by atoms with Crippen LogP contribution in [0.3, 0.4) is 0 Å². The number of hydrogen-bond donors (Lipinski definition) is 1. The van der Waals surface area contributed by atoms with Gasteiger partial charge in [-0.3, -0.25) is 0 Å². The quantitative estimate of drug-likeness (QED) is 0.872. The highest BCUT2D eigenvalue weighted by atomic mass is 79.9. The molecule has 96 valence electrons. The largest absolute Gasteiger partial charge is 0.375 e. The Morgan fingerprint density at radius 2 is 2.11 bits per heavy atom. The summed E-state index contributed by atoms with van der Waals surface area (Å²) >= 11 is 4.99. The van der Waals surface area contributed by atoms with Gasteiger partial charge in [0.25, 0.3) is 0 Å². The number of hydrogen-bond acceptors (Lipinski definition) is 3. The summed E-state index contributed by atoms with van der Waals surface area (Å²) in [6, 6.07) is 4.92. The van der Waals surface area contributed by atoms with Crippen molar-refractivity contribution in [3.63, 3.8) is 0 Å². The minimum atomic E-state index is -0.246. The van der Waals surface area contributed by atoms with Gasteiger partial charge in [-0.1, -0.05) is 15.9 Å². The average molecular weight is 329 g/mol. The number of aryl methyl sites for hydroxylation is 2. The summed E-state index contributed by atoms with van der Waals surface area (Å²) in [6.45, 7) is 5.97. The maximum absolute atomic E-state index is 13.7. The first-order chi connectivity index (χ1) is 8.47. The van der Waals surface area contributed by atoms with Crippen LogP contribution in [0.5, 0.6) is 0 Å². The molecule has 0 fully saturated rings. The fourth-order valence-corrected chi connectivity index (χ4v) is 3.15. The summed E-state index contributed by atoms with van der Waals surface area (Å²) in [5.74, 6) is -0.246. The van der Waals surface area contributed by atoms with Crippen molar-refractivity contribution in [2.24, 2.45) is 0 Å². The van der Waals surface area contributed by atoms with E-state index in [1.54, 1.807) is 23.5 Å². The molecule has 0 saturated heterocycles. The lowest BCUT2D eigenvalue weighted by atomic mass is 10.2. The normalized spacial score (nSPS) is 12.5. The zero-order chi connectivity index (χ0) is 13.3. The first-order valence-corrected chi connectivity index (χ1v) is 7.24. The van der Waals surface area contributed by atoms with Gasteiger partial charge in [-0.05, 0) is 39.0 Å². The topological polar surface area (TPSA) is 24.9 Å². The van der Waals surface area contributed by atoms with E-state index in [-0.39, 0.29) is 11.9 Å². The Kier molecular flexibility index (Phi) is 4.02. The SMILES string of the molecule is Cc1nc(C)c(C(C)Nc2cc(Br)ccc2F)s1. The third-order valence-corrected chi connectivity index (χ3v) is 4.38. The first kappa shape index (κ1) is 13.5. The van der Waals surface area contributed by atoms with Gasteiger partial charge in [0.2, 0.25) is 0 Å². The summed E-state index contributed by atoms with van der Waals surface area (Å²) in [4.78, 5) is 5.53. The highest BCUT2D eigenvalue weighted by Gasteiger charge is 2.14. The number of anilines is 1. The molecular formula is C13H14BrFN2S. The number of aromatic nitrogens is 1. The van der Waals surface area contributed by atoms with E-state index in [9.17, 15) is 4.39 Å². The molecule has 1 N–H and O–H groups in total. The van der Waals surface area contributed by atoms with Crippen LogP contribution < -0.4 is 5.32 Å². The van der Waals surface area contributed by atoms with Crippen molar-refractivity contribution in [1.82, 2.24) is 4.98 Å². The summed E-state index contributed by atoms with van der Waals surface area (Å²) in [7, 11) is 0. The molecule has 0 radical (unpaired) electrons. The second-order valence-electron chi connectivity index (χ2n) is 4.17. The lowest BCUT2D eigenvalue weighted by Gasteiger charge is -2.15. The van der Waals surface area contributed by atoms with Crippen LogP contribution in [-0.4, -0.2) is 4.98 Å². The smallest absolute Gasteiger partial charge is 0.146 e. The minimum absolute atomic E-state index is 0.0417. The Bertz CT molecular complexity index is 568. The average Bonchev–Trinajstić information content (AvgIpc) is 2.63. The van der Waals surface area contributed by atoms with Crippen molar-refractivity contribution < 1.29 is 4.39 Å². The van der Waals surface area contributed by atoms with Crippen LogP contribution in [0.1, 0.15) is 28.5 Å². The molecule has 1 aromatic carbocycles. The zero-order valence-electron chi connectivity index (χ0n) is 10.4.